The van der Waals surface area contributed by atoms with Crippen LogP contribution in [0.5, 0.6) is 0 Å². The van der Waals surface area contributed by atoms with Gasteiger partial charge >= 0.3 is 5.97 Å². The molecule has 1 saturated carbocycles. The molecular weight excluding hydrogens is 402 g/mol. The number of carbonyl (C=O) groups excluding carboxylic acids is 1. The van der Waals surface area contributed by atoms with Gasteiger partial charge in [0.25, 0.3) is 0 Å². The van der Waals surface area contributed by atoms with Gasteiger partial charge in [-0.25, -0.2) is 14.8 Å². The van der Waals surface area contributed by atoms with E-state index in [1.54, 1.807) is 14.0 Å². The van der Waals surface area contributed by atoms with E-state index >= 15 is 0 Å². The summed E-state index contributed by atoms with van der Waals surface area (Å²) < 4.78 is 12.6. The number of carbonyl (C=O) groups is 1. The molecule has 3 heterocycles. The van der Waals surface area contributed by atoms with Crippen LogP contribution in [0.25, 0.3) is 20.8 Å². The number of hydrogen-bond acceptors (Lipinski definition) is 8. The van der Waals surface area contributed by atoms with E-state index in [-0.39, 0.29) is 30.6 Å². The van der Waals surface area contributed by atoms with Crippen LogP contribution in [0.4, 0.5) is 5.82 Å². The first-order valence-corrected chi connectivity index (χ1v) is 11.1. The highest BCUT2D eigenvalue weighted by Gasteiger charge is 2.26. The number of nitrogens with one attached hydrogen (secondary N) is 1. The van der Waals surface area contributed by atoms with Gasteiger partial charge in [0.15, 0.2) is 0 Å². The Labute approximate surface area is 179 Å². The van der Waals surface area contributed by atoms with Crippen molar-refractivity contribution in [1.29, 1.82) is 0 Å². The molecule has 1 aliphatic rings. The fourth-order valence-electron chi connectivity index (χ4n) is 3.68. The van der Waals surface area contributed by atoms with Crippen molar-refractivity contribution < 1.29 is 14.3 Å². The zero-order valence-corrected chi connectivity index (χ0v) is 18.5. The smallest absolute Gasteiger partial charge is 0.376 e. The first kappa shape index (κ1) is 20.7. The van der Waals surface area contributed by atoms with E-state index in [2.05, 4.69) is 34.2 Å². The Hall–Kier alpha value is -2.52. The molecule has 8 nitrogen and oxygen atoms in total. The molecule has 1 fully saturated rings. The van der Waals surface area contributed by atoms with Crippen LogP contribution in [0.2, 0.25) is 0 Å². The van der Waals surface area contributed by atoms with Gasteiger partial charge in [-0.1, -0.05) is 0 Å². The minimum absolute atomic E-state index is 0.0780. The molecule has 0 radical (unpaired) electrons. The largest absolute Gasteiger partial charge is 0.460 e. The van der Waals surface area contributed by atoms with E-state index in [1.807, 2.05) is 23.0 Å². The fraction of sp³-hybridized carbons (Fsp3) is 0.524. The molecule has 0 unspecified atom stereocenters. The minimum Gasteiger partial charge on any atom is -0.460 e. The molecule has 0 saturated heterocycles. The Balaban J connectivity index is 1.72. The van der Waals surface area contributed by atoms with Crippen molar-refractivity contribution in [1.82, 2.24) is 19.7 Å². The third kappa shape index (κ3) is 4.17. The number of thiophene rings is 1. The number of hydrogen-bond donors (Lipinski definition) is 1. The second-order valence-electron chi connectivity index (χ2n) is 7.73. The topological polar surface area (TPSA) is 91.2 Å². The summed E-state index contributed by atoms with van der Waals surface area (Å²) in [5.41, 5.74) is 0.885. The zero-order valence-electron chi connectivity index (χ0n) is 17.7. The van der Waals surface area contributed by atoms with Crippen LogP contribution in [0.1, 0.15) is 56.7 Å². The third-order valence-electron chi connectivity index (χ3n) is 5.30. The lowest BCUT2D eigenvalue weighted by atomic mass is 10.2. The van der Waals surface area contributed by atoms with E-state index < -0.39 is 5.97 Å². The van der Waals surface area contributed by atoms with Crippen molar-refractivity contribution >= 4 is 33.3 Å². The maximum atomic E-state index is 12.3. The van der Waals surface area contributed by atoms with Gasteiger partial charge in [0.05, 0.1) is 23.0 Å². The summed E-state index contributed by atoms with van der Waals surface area (Å²) in [5.74, 6) is 0.229. The number of aromatic nitrogens is 4. The monoisotopic (exact) mass is 429 g/mol. The number of nitrogens with zero attached hydrogens (tertiary/aromatic N) is 4. The molecule has 2 atom stereocenters. The molecule has 9 heteroatoms. The molecule has 0 amide bonds. The van der Waals surface area contributed by atoms with Crippen molar-refractivity contribution in [2.45, 2.75) is 58.2 Å². The molecular formula is C21H27N5O3S. The van der Waals surface area contributed by atoms with Crippen LogP contribution in [0, 0.1) is 0 Å². The predicted octanol–water partition coefficient (Wildman–Crippen LogP) is 4.29. The van der Waals surface area contributed by atoms with Gasteiger partial charge in [0.2, 0.25) is 5.82 Å². The van der Waals surface area contributed by atoms with Crippen LogP contribution in [-0.4, -0.2) is 51.6 Å². The minimum atomic E-state index is -0.511. The highest BCUT2D eigenvalue weighted by Crippen LogP contribution is 2.36. The number of rotatable bonds is 7. The molecule has 0 aromatic carbocycles. The normalized spacial score (nSPS) is 19.0. The lowest BCUT2D eigenvalue weighted by molar-refractivity contribution is 0.0512. The molecule has 3 aromatic rings. The molecule has 1 N–H and O–H groups in total. The van der Waals surface area contributed by atoms with Gasteiger partial charge in [-0.2, -0.15) is 5.10 Å². The van der Waals surface area contributed by atoms with Gasteiger partial charge in [0, 0.05) is 25.4 Å². The lowest BCUT2D eigenvalue weighted by Crippen LogP contribution is -2.19. The van der Waals surface area contributed by atoms with Crippen LogP contribution >= 0.6 is 11.3 Å². The summed E-state index contributed by atoms with van der Waals surface area (Å²) in [6.07, 6.45) is 5.14. The summed E-state index contributed by atoms with van der Waals surface area (Å²) in [7, 11) is 1.75. The lowest BCUT2D eigenvalue weighted by Gasteiger charge is -2.15. The van der Waals surface area contributed by atoms with Crippen LogP contribution in [-0.2, 0) is 9.47 Å². The summed E-state index contributed by atoms with van der Waals surface area (Å²) in [6.45, 7) is 6.24. The van der Waals surface area contributed by atoms with Crippen molar-refractivity contribution in [2.75, 3.05) is 19.0 Å². The Morgan fingerprint density at radius 2 is 2.20 bits per heavy atom. The maximum absolute atomic E-state index is 12.3. The third-order valence-corrected chi connectivity index (χ3v) is 6.35. The highest BCUT2D eigenvalue weighted by atomic mass is 32.1. The second kappa shape index (κ2) is 8.69. The van der Waals surface area contributed by atoms with Crippen molar-refractivity contribution in [3.05, 3.63) is 24.2 Å². The molecule has 30 heavy (non-hydrogen) atoms. The SMILES string of the molecule is CCOC(=O)c1nc(N[C@@H]2CC[C@H](OC)C2)c2cc(-c3ccn(C(C)C)n3)sc2n1. The van der Waals surface area contributed by atoms with Gasteiger partial charge in [-0.05, 0) is 52.2 Å². The molecule has 1 aliphatic carbocycles. The summed E-state index contributed by atoms with van der Waals surface area (Å²) in [5, 5.41) is 9.07. The highest BCUT2D eigenvalue weighted by molar-refractivity contribution is 7.21. The van der Waals surface area contributed by atoms with Gasteiger partial charge in [-0.15, -0.1) is 11.3 Å². The van der Waals surface area contributed by atoms with Gasteiger partial charge in [0.1, 0.15) is 16.3 Å². The van der Waals surface area contributed by atoms with E-state index in [0.717, 1.165) is 40.1 Å². The number of methoxy groups -OCH3 is 1. The van der Waals surface area contributed by atoms with Crippen LogP contribution < -0.4 is 5.32 Å². The molecule has 3 aromatic heterocycles. The van der Waals surface area contributed by atoms with Crippen molar-refractivity contribution in [3.63, 3.8) is 0 Å². The summed E-state index contributed by atoms with van der Waals surface area (Å²) >= 11 is 1.50. The van der Waals surface area contributed by atoms with E-state index in [9.17, 15) is 4.79 Å². The number of anilines is 1. The number of fused-ring (bicyclic) bond motifs is 1. The van der Waals surface area contributed by atoms with E-state index in [4.69, 9.17) is 9.47 Å². The molecule has 0 bridgehead atoms. The molecule has 4 rings (SSSR count). The van der Waals surface area contributed by atoms with Crippen LogP contribution in [0.3, 0.4) is 0 Å². The maximum Gasteiger partial charge on any atom is 0.376 e. The van der Waals surface area contributed by atoms with Crippen molar-refractivity contribution in [2.24, 2.45) is 0 Å². The predicted molar refractivity (Wildman–Crippen MR) is 117 cm³/mol. The van der Waals surface area contributed by atoms with Crippen LogP contribution in [0.15, 0.2) is 18.3 Å². The van der Waals surface area contributed by atoms with Gasteiger partial charge in [-0.3, -0.25) is 4.68 Å². The van der Waals surface area contributed by atoms with Crippen molar-refractivity contribution in [3.8, 4) is 10.6 Å². The molecule has 0 aliphatic heterocycles. The number of ether oxygens (including phenoxy) is 2. The fourth-order valence-corrected chi connectivity index (χ4v) is 4.68. The first-order chi connectivity index (χ1) is 14.5. The second-order valence-corrected chi connectivity index (χ2v) is 8.76. The zero-order chi connectivity index (χ0) is 21.3. The van der Waals surface area contributed by atoms with Gasteiger partial charge < -0.3 is 14.8 Å². The summed E-state index contributed by atoms with van der Waals surface area (Å²) in [4.78, 5) is 23.1. The number of esters is 1. The Morgan fingerprint density at radius 1 is 1.37 bits per heavy atom. The van der Waals surface area contributed by atoms with E-state index in [1.165, 1.54) is 11.3 Å². The Kier molecular flexibility index (Phi) is 6.01. The molecule has 0 spiro atoms. The Bertz CT molecular complexity index is 1040. The standard InChI is InChI=1S/C21H27N5O3S/c1-5-29-21(27)19-23-18(22-13-6-7-14(10-13)28-4)15-11-17(30-20(15)24-19)16-8-9-26(25-16)12(2)3/h8-9,11-14H,5-7,10H2,1-4H3,(H,22,23,24)/t13-,14+/m1/s1. The molecule has 160 valence electrons. The van der Waals surface area contributed by atoms with E-state index in [0.29, 0.717) is 5.82 Å². The average Bonchev–Trinajstić information content (AvgIpc) is 3.46. The quantitative estimate of drug-likeness (QED) is 0.560. The first-order valence-electron chi connectivity index (χ1n) is 10.3. The average molecular weight is 430 g/mol. The Morgan fingerprint density at radius 3 is 2.87 bits per heavy atom. The summed E-state index contributed by atoms with van der Waals surface area (Å²) in [6, 6.07) is 4.58.